The molecule has 3 aromatic rings. The summed E-state index contributed by atoms with van der Waals surface area (Å²) in [6.45, 7) is 0.113. The van der Waals surface area contributed by atoms with E-state index in [2.05, 4.69) is 15.3 Å². The predicted molar refractivity (Wildman–Crippen MR) is 106 cm³/mol. The maximum absolute atomic E-state index is 13.0. The number of rotatable bonds is 4. The average molecular weight is 360 g/mol. The normalized spacial score (nSPS) is 13.6. The highest BCUT2D eigenvalue weighted by atomic mass is 16.3. The molecular formula is C21H20N4O2. The molecule has 0 saturated heterocycles. The molecule has 1 aliphatic rings. The van der Waals surface area contributed by atoms with E-state index in [1.165, 1.54) is 0 Å². The summed E-state index contributed by atoms with van der Waals surface area (Å²) in [6, 6.07) is 9.23. The molecule has 27 heavy (non-hydrogen) atoms. The lowest BCUT2D eigenvalue weighted by Gasteiger charge is -2.25. The van der Waals surface area contributed by atoms with Crippen LogP contribution in [-0.2, 0) is 0 Å². The molecule has 0 radical (unpaired) electrons. The Balaban J connectivity index is 1.74. The number of hydrogen-bond donors (Lipinski definition) is 2. The van der Waals surface area contributed by atoms with E-state index in [-0.39, 0.29) is 19.2 Å². The molecule has 0 unspecified atom stereocenters. The van der Waals surface area contributed by atoms with Gasteiger partial charge < -0.3 is 10.4 Å². The molecule has 136 valence electrons. The maximum atomic E-state index is 13.0. The number of carbonyl (C=O) groups excluding carboxylic acids is 1. The van der Waals surface area contributed by atoms with E-state index in [0.29, 0.717) is 11.2 Å². The summed E-state index contributed by atoms with van der Waals surface area (Å²) in [7, 11) is 0. The molecule has 2 aromatic heterocycles. The van der Waals surface area contributed by atoms with Gasteiger partial charge in [0.05, 0.1) is 29.9 Å². The molecule has 2 heterocycles. The number of anilines is 1. The van der Waals surface area contributed by atoms with Gasteiger partial charge in [0, 0.05) is 28.9 Å². The molecule has 2 amide bonds. The molecule has 1 aliphatic carbocycles. The first-order valence-corrected chi connectivity index (χ1v) is 8.96. The number of aromatic nitrogens is 2. The zero-order chi connectivity index (χ0) is 18.6. The Labute approximate surface area is 156 Å². The SMILES string of the molecule is O=C(Nc1cc2cccnc2c2cccnc12)N(CCO)C1=CCCC=C1. The van der Waals surface area contributed by atoms with Gasteiger partial charge in [-0.3, -0.25) is 14.9 Å². The molecule has 0 fully saturated rings. The van der Waals surface area contributed by atoms with Crippen LogP contribution in [0.4, 0.5) is 10.5 Å². The molecule has 2 N–H and O–H groups in total. The van der Waals surface area contributed by atoms with Crippen molar-refractivity contribution in [3.8, 4) is 0 Å². The molecule has 0 bridgehead atoms. The van der Waals surface area contributed by atoms with Gasteiger partial charge in [0.2, 0.25) is 0 Å². The Morgan fingerprint density at radius 3 is 2.74 bits per heavy atom. The molecule has 0 saturated carbocycles. The highest BCUT2D eigenvalue weighted by Crippen LogP contribution is 2.29. The Morgan fingerprint density at radius 2 is 1.96 bits per heavy atom. The minimum atomic E-state index is -0.294. The van der Waals surface area contributed by atoms with Gasteiger partial charge in [0.25, 0.3) is 0 Å². The van der Waals surface area contributed by atoms with Crippen LogP contribution >= 0.6 is 0 Å². The third-order valence-corrected chi connectivity index (χ3v) is 4.55. The number of amides is 2. The molecule has 4 rings (SSSR count). The Hall–Kier alpha value is -3.25. The smallest absolute Gasteiger partial charge is 0.326 e. The Morgan fingerprint density at radius 1 is 1.15 bits per heavy atom. The summed E-state index contributed by atoms with van der Waals surface area (Å²) in [5.41, 5.74) is 2.96. The number of nitrogens with zero attached hydrogens (tertiary/aromatic N) is 3. The van der Waals surface area contributed by atoms with Crippen LogP contribution in [0.2, 0.25) is 0 Å². The number of hydrogen-bond acceptors (Lipinski definition) is 4. The second-order valence-electron chi connectivity index (χ2n) is 6.31. The number of benzene rings is 1. The summed E-state index contributed by atoms with van der Waals surface area (Å²) >= 11 is 0. The van der Waals surface area contributed by atoms with Crippen molar-refractivity contribution in [3.63, 3.8) is 0 Å². The van der Waals surface area contributed by atoms with E-state index in [1.54, 1.807) is 17.3 Å². The highest BCUT2D eigenvalue weighted by molar-refractivity contribution is 6.12. The summed E-state index contributed by atoms with van der Waals surface area (Å²) in [4.78, 5) is 23.4. The van der Waals surface area contributed by atoms with E-state index in [1.807, 2.05) is 48.6 Å². The fourth-order valence-corrected chi connectivity index (χ4v) is 3.32. The topological polar surface area (TPSA) is 78.4 Å². The summed E-state index contributed by atoms with van der Waals surface area (Å²) in [5.74, 6) is 0. The van der Waals surface area contributed by atoms with Crippen LogP contribution in [0.15, 0.2) is 66.7 Å². The number of pyridine rings is 2. The van der Waals surface area contributed by atoms with Gasteiger partial charge in [-0.25, -0.2) is 4.79 Å². The largest absolute Gasteiger partial charge is 0.395 e. The van der Waals surface area contributed by atoms with Gasteiger partial charge in [-0.1, -0.05) is 18.2 Å². The lowest BCUT2D eigenvalue weighted by molar-refractivity contribution is 0.206. The maximum Gasteiger partial charge on any atom is 0.326 e. The zero-order valence-corrected chi connectivity index (χ0v) is 14.8. The van der Waals surface area contributed by atoms with Crippen LogP contribution in [0.5, 0.6) is 0 Å². The van der Waals surface area contributed by atoms with Gasteiger partial charge >= 0.3 is 6.03 Å². The van der Waals surface area contributed by atoms with E-state index in [4.69, 9.17) is 0 Å². The average Bonchev–Trinajstić information content (AvgIpc) is 2.72. The number of aliphatic hydroxyl groups excluding tert-OH is 1. The van der Waals surface area contributed by atoms with E-state index < -0.39 is 0 Å². The van der Waals surface area contributed by atoms with Gasteiger partial charge in [-0.15, -0.1) is 0 Å². The molecular weight excluding hydrogens is 340 g/mol. The molecule has 6 nitrogen and oxygen atoms in total. The van der Waals surface area contributed by atoms with E-state index >= 15 is 0 Å². The minimum Gasteiger partial charge on any atom is -0.395 e. The van der Waals surface area contributed by atoms with Gasteiger partial charge in [-0.2, -0.15) is 0 Å². The van der Waals surface area contributed by atoms with Gasteiger partial charge in [0.1, 0.15) is 0 Å². The molecule has 0 spiro atoms. The highest BCUT2D eigenvalue weighted by Gasteiger charge is 2.19. The zero-order valence-electron chi connectivity index (χ0n) is 14.8. The van der Waals surface area contributed by atoms with Gasteiger partial charge in [0.15, 0.2) is 0 Å². The number of carbonyl (C=O) groups is 1. The second-order valence-corrected chi connectivity index (χ2v) is 6.31. The van der Waals surface area contributed by atoms with Crippen LogP contribution in [0.3, 0.4) is 0 Å². The van der Waals surface area contributed by atoms with Crippen molar-refractivity contribution in [1.29, 1.82) is 0 Å². The first-order chi connectivity index (χ1) is 13.3. The van der Waals surface area contributed by atoms with Crippen molar-refractivity contribution >= 4 is 33.5 Å². The molecule has 0 aliphatic heterocycles. The third kappa shape index (κ3) is 3.39. The number of fused-ring (bicyclic) bond motifs is 3. The number of aliphatic hydroxyl groups is 1. The van der Waals surface area contributed by atoms with Crippen LogP contribution in [-0.4, -0.2) is 39.2 Å². The first kappa shape index (κ1) is 17.2. The molecule has 1 aromatic carbocycles. The number of nitrogens with one attached hydrogen (secondary N) is 1. The van der Waals surface area contributed by atoms with E-state index in [0.717, 1.165) is 34.8 Å². The lowest BCUT2D eigenvalue weighted by Crippen LogP contribution is -2.36. The van der Waals surface area contributed by atoms with Crippen LogP contribution in [0.1, 0.15) is 12.8 Å². The Bertz CT molecular complexity index is 1060. The fourth-order valence-electron chi connectivity index (χ4n) is 3.32. The van der Waals surface area contributed by atoms with Crippen LogP contribution in [0, 0.1) is 0 Å². The van der Waals surface area contributed by atoms with Crippen molar-refractivity contribution in [3.05, 3.63) is 66.7 Å². The second kappa shape index (κ2) is 7.55. The third-order valence-electron chi connectivity index (χ3n) is 4.55. The van der Waals surface area contributed by atoms with E-state index in [9.17, 15) is 9.90 Å². The van der Waals surface area contributed by atoms with Crippen LogP contribution < -0.4 is 5.32 Å². The fraction of sp³-hybridized carbons (Fsp3) is 0.190. The van der Waals surface area contributed by atoms with Crippen molar-refractivity contribution in [1.82, 2.24) is 14.9 Å². The molecule has 6 heteroatoms. The number of urea groups is 1. The number of allylic oxidation sites excluding steroid dienone is 3. The minimum absolute atomic E-state index is 0.112. The Kier molecular flexibility index (Phi) is 4.80. The summed E-state index contributed by atoms with van der Waals surface area (Å²) < 4.78 is 0. The summed E-state index contributed by atoms with van der Waals surface area (Å²) in [6.07, 6.45) is 11.3. The van der Waals surface area contributed by atoms with Crippen molar-refractivity contribution in [2.75, 3.05) is 18.5 Å². The predicted octanol–water partition coefficient (Wildman–Crippen LogP) is 3.84. The van der Waals surface area contributed by atoms with Crippen molar-refractivity contribution in [2.24, 2.45) is 0 Å². The van der Waals surface area contributed by atoms with Gasteiger partial charge in [-0.05, 0) is 43.2 Å². The van der Waals surface area contributed by atoms with Crippen LogP contribution in [0.25, 0.3) is 21.8 Å². The summed E-state index contributed by atoms with van der Waals surface area (Å²) in [5, 5.41) is 14.2. The van der Waals surface area contributed by atoms with Crippen molar-refractivity contribution in [2.45, 2.75) is 12.8 Å². The molecule has 0 atom stereocenters. The van der Waals surface area contributed by atoms with Crippen molar-refractivity contribution < 1.29 is 9.90 Å². The monoisotopic (exact) mass is 360 g/mol. The standard InChI is InChI=1S/C21H20N4O2/c26-13-12-25(16-7-2-1-3-8-16)21(27)24-18-14-15-6-4-10-22-19(15)17-9-5-11-23-20(17)18/h2,4-11,14,26H,1,3,12-13H2,(H,24,27). The lowest BCUT2D eigenvalue weighted by atomic mass is 10.1. The quantitative estimate of drug-likeness (QED) is 0.693. The first-order valence-electron chi connectivity index (χ1n) is 8.96.